The Balaban J connectivity index is 2.64. The van der Waals surface area contributed by atoms with Gasteiger partial charge in [-0.3, -0.25) is 14.7 Å². The number of aliphatic carboxylic acids is 2. The minimum Gasteiger partial charge on any atom is -0.481 e. The standard InChI is InChI=1S/C11H16N4O5/c1-2-3-7-13-9(15-14-7)10(18)12-6(11(19)20)4-5-8(16)17/h6H,2-5H2,1H3,(H,12,18)(H,16,17)(H,19,20)(H,13,14,15)/t6-/m0/s1. The maximum atomic E-state index is 11.8. The predicted octanol–water partition coefficient (Wildman–Crippen LogP) is -0.195. The van der Waals surface area contributed by atoms with E-state index in [0.717, 1.165) is 6.42 Å². The van der Waals surface area contributed by atoms with Crippen LogP contribution < -0.4 is 5.32 Å². The molecule has 9 heteroatoms. The lowest BCUT2D eigenvalue weighted by Gasteiger charge is -2.11. The molecule has 1 rings (SSSR count). The molecule has 0 saturated carbocycles. The number of hydrogen-bond acceptors (Lipinski definition) is 5. The lowest BCUT2D eigenvalue weighted by molar-refractivity contribution is -0.140. The average Bonchev–Trinajstić information content (AvgIpc) is 2.82. The van der Waals surface area contributed by atoms with Gasteiger partial charge in [0.1, 0.15) is 11.9 Å². The smallest absolute Gasteiger partial charge is 0.326 e. The lowest BCUT2D eigenvalue weighted by Crippen LogP contribution is -2.41. The molecule has 0 spiro atoms. The highest BCUT2D eigenvalue weighted by Crippen LogP contribution is 2.01. The zero-order valence-electron chi connectivity index (χ0n) is 10.9. The van der Waals surface area contributed by atoms with E-state index < -0.39 is 23.9 Å². The topological polar surface area (TPSA) is 145 Å². The van der Waals surface area contributed by atoms with Crippen molar-refractivity contribution in [2.24, 2.45) is 0 Å². The number of nitrogens with zero attached hydrogens (tertiary/aromatic N) is 2. The van der Waals surface area contributed by atoms with Gasteiger partial charge >= 0.3 is 11.9 Å². The van der Waals surface area contributed by atoms with Crippen molar-refractivity contribution in [1.29, 1.82) is 0 Å². The molecule has 1 aromatic rings. The van der Waals surface area contributed by atoms with E-state index in [1.165, 1.54) is 0 Å². The van der Waals surface area contributed by atoms with Gasteiger partial charge in [0.05, 0.1) is 0 Å². The predicted molar refractivity (Wildman–Crippen MR) is 66.1 cm³/mol. The van der Waals surface area contributed by atoms with E-state index in [-0.39, 0.29) is 18.7 Å². The molecular weight excluding hydrogens is 268 g/mol. The molecule has 1 aromatic heterocycles. The number of aromatic amines is 1. The molecule has 0 fully saturated rings. The molecule has 1 amide bonds. The number of nitrogens with one attached hydrogen (secondary N) is 2. The van der Waals surface area contributed by atoms with Crippen LogP contribution in [0.1, 0.15) is 42.6 Å². The van der Waals surface area contributed by atoms with Crippen LogP contribution in [0.5, 0.6) is 0 Å². The SMILES string of the molecule is CCCc1nc(C(=O)N[C@@H](CCC(=O)O)C(=O)O)n[nH]1. The normalized spacial score (nSPS) is 11.8. The molecule has 0 aromatic carbocycles. The second-order valence-corrected chi connectivity index (χ2v) is 4.15. The number of carbonyl (C=O) groups is 3. The Morgan fingerprint density at radius 1 is 1.35 bits per heavy atom. The first kappa shape index (κ1) is 15.6. The molecule has 4 N–H and O–H groups in total. The Bertz CT molecular complexity index is 499. The van der Waals surface area contributed by atoms with E-state index in [1.54, 1.807) is 0 Å². The number of carboxylic acid groups (broad SMARTS) is 2. The molecule has 0 aliphatic rings. The fraction of sp³-hybridized carbons (Fsp3) is 0.545. The number of aromatic nitrogens is 3. The number of hydrogen-bond donors (Lipinski definition) is 4. The first-order valence-electron chi connectivity index (χ1n) is 6.10. The summed E-state index contributed by atoms with van der Waals surface area (Å²) in [6, 6.07) is -1.29. The zero-order valence-corrected chi connectivity index (χ0v) is 10.9. The van der Waals surface area contributed by atoms with Gasteiger partial charge in [-0.2, -0.15) is 0 Å². The maximum Gasteiger partial charge on any atom is 0.326 e. The van der Waals surface area contributed by atoms with Crippen molar-refractivity contribution in [2.75, 3.05) is 0 Å². The van der Waals surface area contributed by atoms with E-state index in [4.69, 9.17) is 10.2 Å². The van der Waals surface area contributed by atoms with E-state index in [2.05, 4.69) is 20.5 Å². The number of aryl methyl sites for hydroxylation is 1. The molecule has 110 valence electrons. The molecule has 0 aliphatic carbocycles. The summed E-state index contributed by atoms with van der Waals surface area (Å²) in [5, 5.41) is 25.9. The molecule has 1 atom stereocenters. The van der Waals surface area contributed by atoms with Gasteiger partial charge in [0.25, 0.3) is 5.91 Å². The van der Waals surface area contributed by atoms with Gasteiger partial charge in [-0.05, 0) is 12.8 Å². The van der Waals surface area contributed by atoms with Crippen LogP contribution in [-0.4, -0.2) is 49.3 Å². The van der Waals surface area contributed by atoms with E-state index in [1.807, 2.05) is 6.92 Å². The number of carboxylic acids is 2. The minimum absolute atomic E-state index is 0.157. The summed E-state index contributed by atoms with van der Waals surface area (Å²) in [4.78, 5) is 37.0. The van der Waals surface area contributed by atoms with Crippen LogP contribution in [0.3, 0.4) is 0 Å². The van der Waals surface area contributed by atoms with Gasteiger partial charge in [-0.15, -0.1) is 5.10 Å². The van der Waals surface area contributed by atoms with Crippen LogP contribution in [0.2, 0.25) is 0 Å². The molecule has 0 saturated heterocycles. The summed E-state index contributed by atoms with van der Waals surface area (Å²) in [5.74, 6) is -2.80. The first-order valence-corrected chi connectivity index (χ1v) is 6.10. The first-order chi connectivity index (χ1) is 9.43. The number of rotatable bonds is 8. The third kappa shape index (κ3) is 4.67. The molecule has 0 radical (unpaired) electrons. The van der Waals surface area contributed by atoms with Crippen molar-refractivity contribution in [2.45, 2.75) is 38.6 Å². The van der Waals surface area contributed by atoms with Crippen LogP contribution >= 0.6 is 0 Å². The molecule has 20 heavy (non-hydrogen) atoms. The van der Waals surface area contributed by atoms with E-state index >= 15 is 0 Å². The summed E-state index contributed by atoms with van der Waals surface area (Å²) in [7, 11) is 0. The van der Waals surface area contributed by atoms with Gasteiger partial charge < -0.3 is 15.5 Å². The third-order valence-electron chi connectivity index (χ3n) is 2.47. The molecule has 0 aliphatic heterocycles. The van der Waals surface area contributed by atoms with Crippen LogP contribution in [0.15, 0.2) is 0 Å². The summed E-state index contributed by atoms with van der Waals surface area (Å²) in [5.41, 5.74) is 0. The van der Waals surface area contributed by atoms with Gasteiger partial charge in [-0.25, -0.2) is 9.78 Å². The second-order valence-electron chi connectivity index (χ2n) is 4.15. The monoisotopic (exact) mass is 284 g/mol. The average molecular weight is 284 g/mol. The number of carbonyl (C=O) groups excluding carboxylic acids is 1. The molecule has 1 heterocycles. The van der Waals surface area contributed by atoms with Crippen molar-refractivity contribution in [3.8, 4) is 0 Å². The summed E-state index contributed by atoms with van der Waals surface area (Å²) in [6.45, 7) is 1.94. The fourth-order valence-electron chi connectivity index (χ4n) is 1.49. The Labute approximate surface area is 114 Å². The second kappa shape index (κ2) is 7.22. The summed E-state index contributed by atoms with van der Waals surface area (Å²) >= 11 is 0. The van der Waals surface area contributed by atoms with Crippen LogP contribution in [-0.2, 0) is 16.0 Å². The largest absolute Gasteiger partial charge is 0.481 e. The number of H-pyrrole nitrogens is 1. The van der Waals surface area contributed by atoms with Gasteiger partial charge in [0.15, 0.2) is 0 Å². The number of amides is 1. The van der Waals surface area contributed by atoms with Crippen molar-refractivity contribution < 1.29 is 24.6 Å². The van der Waals surface area contributed by atoms with Gasteiger partial charge in [0.2, 0.25) is 5.82 Å². The Morgan fingerprint density at radius 3 is 2.60 bits per heavy atom. The zero-order chi connectivity index (χ0) is 15.1. The quantitative estimate of drug-likeness (QED) is 0.517. The molecule has 0 bridgehead atoms. The van der Waals surface area contributed by atoms with E-state index in [0.29, 0.717) is 12.2 Å². The van der Waals surface area contributed by atoms with Crippen molar-refractivity contribution in [3.63, 3.8) is 0 Å². The minimum atomic E-state index is -1.30. The van der Waals surface area contributed by atoms with Crippen molar-refractivity contribution in [3.05, 3.63) is 11.6 Å². The molecular formula is C11H16N4O5. The van der Waals surface area contributed by atoms with Gasteiger partial charge in [-0.1, -0.05) is 6.92 Å². The lowest BCUT2D eigenvalue weighted by atomic mass is 10.1. The molecule has 0 unspecified atom stereocenters. The van der Waals surface area contributed by atoms with Crippen LogP contribution in [0, 0.1) is 0 Å². The van der Waals surface area contributed by atoms with Crippen molar-refractivity contribution in [1.82, 2.24) is 20.5 Å². The van der Waals surface area contributed by atoms with Crippen molar-refractivity contribution >= 4 is 17.8 Å². The third-order valence-corrected chi connectivity index (χ3v) is 2.47. The maximum absolute atomic E-state index is 11.8. The Morgan fingerprint density at radius 2 is 2.05 bits per heavy atom. The molecule has 9 nitrogen and oxygen atoms in total. The Kier molecular flexibility index (Phi) is 5.63. The highest BCUT2D eigenvalue weighted by atomic mass is 16.4. The fourth-order valence-corrected chi connectivity index (χ4v) is 1.49. The summed E-state index contributed by atoms with van der Waals surface area (Å²) < 4.78 is 0. The summed E-state index contributed by atoms with van der Waals surface area (Å²) in [6.07, 6.45) is 0.892. The van der Waals surface area contributed by atoms with Gasteiger partial charge in [0, 0.05) is 12.8 Å². The highest BCUT2D eigenvalue weighted by molar-refractivity contribution is 5.93. The highest BCUT2D eigenvalue weighted by Gasteiger charge is 2.23. The van der Waals surface area contributed by atoms with Crippen LogP contribution in [0.4, 0.5) is 0 Å². The van der Waals surface area contributed by atoms with Crippen LogP contribution in [0.25, 0.3) is 0 Å². The van der Waals surface area contributed by atoms with E-state index in [9.17, 15) is 14.4 Å². The Hall–Kier alpha value is -2.45.